The molecular weight excluding hydrogens is 448 g/mol. The lowest BCUT2D eigenvalue weighted by molar-refractivity contribution is -0.137. The van der Waals surface area contributed by atoms with Gasteiger partial charge in [0.15, 0.2) is 0 Å². The average molecular weight is 472 g/mol. The third-order valence-corrected chi connectivity index (χ3v) is 3.99. The lowest BCUT2D eigenvalue weighted by Gasteiger charge is -2.20. The number of hydrogen-bond acceptors (Lipinski definition) is 6. The number of ether oxygens (including phenoxy) is 3. The van der Waals surface area contributed by atoms with Crippen molar-refractivity contribution in [3.63, 3.8) is 0 Å². The highest BCUT2D eigenvalue weighted by atomic mass is 19.4. The Balaban J connectivity index is 2.19. The first-order valence-corrected chi connectivity index (χ1v) is 9.76. The number of anilines is 2. The Morgan fingerprint density at radius 1 is 1.00 bits per heavy atom. The van der Waals surface area contributed by atoms with Gasteiger partial charge in [-0.05, 0) is 51.1 Å². The van der Waals surface area contributed by atoms with Crippen molar-refractivity contribution < 1.29 is 41.4 Å². The molecule has 2 aromatic carbocycles. The molecule has 11 heteroatoms. The summed E-state index contributed by atoms with van der Waals surface area (Å²) >= 11 is 0. The maximum absolute atomic E-state index is 13.8. The first kappa shape index (κ1) is 25.8. The van der Waals surface area contributed by atoms with Crippen LogP contribution in [0.3, 0.4) is 0 Å². The fourth-order valence-electron chi connectivity index (χ4n) is 2.60. The molecule has 0 radical (unpaired) electrons. The van der Waals surface area contributed by atoms with Crippen LogP contribution in [0.4, 0.5) is 33.7 Å². The molecule has 33 heavy (non-hydrogen) atoms. The molecule has 0 saturated heterocycles. The van der Waals surface area contributed by atoms with Crippen LogP contribution in [-0.2, 0) is 15.7 Å². The summed E-state index contributed by atoms with van der Waals surface area (Å²) in [6.07, 6.45) is -5.32. The van der Waals surface area contributed by atoms with Gasteiger partial charge in [0.2, 0.25) is 0 Å². The largest absolute Gasteiger partial charge is 0.489 e. The number of rotatable bonds is 7. The second kappa shape index (κ2) is 10.4. The zero-order valence-electron chi connectivity index (χ0n) is 18.4. The number of amides is 1. The van der Waals surface area contributed by atoms with Gasteiger partial charge in [-0.15, -0.1) is 0 Å². The number of carbonyl (C=O) groups excluding carboxylic acids is 2. The van der Waals surface area contributed by atoms with E-state index in [-0.39, 0.29) is 35.8 Å². The summed E-state index contributed by atoms with van der Waals surface area (Å²) in [5.74, 6) is -1.61. The van der Waals surface area contributed by atoms with Gasteiger partial charge in [0, 0.05) is 6.07 Å². The van der Waals surface area contributed by atoms with E-state index < -0.39 is 35.2 Å². The number of alkyl carbamates (subject to hydrolysis) is 1. The Morgan fingerprint density at radius 3 is 2.27 bits per heavy atom. The summed E-state index contributed by atoms with van der Waals surface area (Å²) in [5, 5.41) is 5.25. The highest BCUT2D eigenvalue weighted by Crippen LogP contribution is 2.35. The number of benzene rings is 2. The van der Waals surface area contributed by atoms with E-state index in [9.17, 15) is 27.2 Å². The lowest BCUT2D eigenvalue weighted by atomic mass is 10.1. The molecule has 180 valence electrons. The Labute approximate surface area is 188 Å². The van der Waals surface area contributed by atoms with Crippen molar-refractivity contribution in [2.24, 2.45) is 0 Å². The van der Waals surface area contributed by atoms with Gasteiger partial charge < -0.3 is 24.8 Å². The maximum Gasteiger partial charge on any atom is 0.416 e. The topological polar surface area (TPSA) is 85.9 Å². The molecule has 2 rings (SSSR count). The van der Waals surface area contributed by atoms with E-state index in [1.54, 1.807) is 20.8 Å². The summed E-state index contributed by atoms with van der Waals surface area (Å²) in [6.45, 7) is 5.10. The van der Waals surface area contributed by atoms with E-state index in [4.69, 9.17) is 9.47 Å². The Bertz CT molecular complexity index is 1000. The first-order chi connectivity index (χ1) is 15.3. The van der Waals surface area contributed by atoms with Crippen LogP contribution in [-0.4, -0.2) is 37.9 Å². The fraction of sp³-hybridized carbons (Fsp3) is 0.364. The number of halogens is 4. The molecular formula is C22H24F4N2O5. The zero-order chi connectivity index (χ0) is 24.8. The number of carbonyl (C=O) groups is 2. The van der Waals surface area contributed by atoms with Gasteiger partial charge in [-0.1, -0.05) is 0 Å². The van der Waals surface area contributed by atoms with Crippen LogP contribution in [0.15, 0.2) is 36.4 Å². The quantitative estimate of drug-likeness (QED) is 0.324. The molecule has 0 spiro atoms. The van der Waals surface area contributed by atoms with Crippen LogP contribution in [0.25, 0.3) is 0 Å². The van der Waals surface area contributed by atoms with Crippen LogP contribution >= 0.6 is 0 Å². The van der Waals surface area contributed by atoms with Gasteiger partial charge in [-0.3, -0.25) is 0 Å². The van der Waals surface area contributed by atoms with Crippen molar-refractivity contribution in [2.45, 2.75) is 32.5 Å². The van der Waals surface area contributed by atoms with E-state index >= 15 is 0 Å². The van der Waals surface area contributed by atoms with Crippen LogP contribution in [0.1, 0.15) is 36.7 Å². The molecule has 0 aliphatic carbocycles. The predicted molar refractivity (Wildman–Crippen MR) is 112 cm³/mol. The fourth-order valence-corrected chi connectivity index (χ4v) is 2.60. The van der Waals surface area contributed by atoms with Crippen LogP contribution in [0.2, 0.25) is 0 Å². The maximum atomic E-state index is 13.8. The van der Waals surface area contributed by atoms with Crippen LogP contribution in [0, 0.1) is 5.82 Å². The third kappa shape index (κ3) is 7.85. The molecule has 0 fully saturated rings. The zero-order valence-corrected chi connectivity index (χ0v) is 18.4. The molecule has 0 aliphatic heterocycles. The van der Waals surface area contributed by atoms with Gasteiger partial charge >= 0.3 is 18.2 Å². The summed E-state index contributed by atoms with van der Waals surface area (Å²) in [6, 6.07) is 5.97. The summed E-state index contributed by atoms with van der Waals surface area (Å²) in [5.41, 5.74) is -1.90. The van der Waals surface area contributed by atoms with E-state index in [1.807, 2.05) is 0 Å². The monoisotopic (exact) mass is 472 g/mol. The molecule has 1 amide bonds. The number of esters is 1. The molecule has 0 aliphatic rings. The first-order valence-electron chi connectivity index (χ1n) is 9.76. The normalized spacial score (nSPS) is 11.5. The van der Waals surface area contributed by atoms with Gasteiger partial charge in [-0.2, -0.15) is 13.2 Å². The average Bonchev–Trinajstić information content (AvgIpc) is 2.70. The van der Waals surface area contributed by atoms with E-state index in [0.29, 0.717) is 6.07 Å². The molecule has 2 aromatic rings. The lowest BCUT2D eigenvalue weighted by Crippen LogP contribution is -2.34. The Morgan fingerprint density at radius 2 is 1.67 bits per heavy atom. The van der Waals surface area contributed by atoms with Crippen molar-refractivity contribution in [1.82, 2.24) is 5.32 Å². The van der Waals surface area contributed by atoms with Crippen molar-refractivity contribution >= 4 is 23.4 Å². The standard InChI is InChI=1S/C22H24F4N2O5/c1-21(2,3)33-20(30)27-9-10-32-18-12-14(23)6-8-17(18)28-16-7-5-13(22(24,25)26)11-15(16)19(29)31-4/h5-8,11-12,28H,9-10H2,1-4H3,(H,27,30). The molecule has 0 atom stereocenters. The van der Waals surface area contributed by atoms with E-state index in [1.165, 1.54) is 6.07 Å². The van der Waals surface area contributed by atoms with Crippen molar-refractivity contribution in [1.29, 1.82) is 0 Å². The Hall–Kier alpha value is -3.50. The molecule has 2 N–H and O–H groups in total. The predicted octanol–water partition coefficient (Wildman–Crippen LogP) is 5.28. The highest BCUT2D eigenvalue weighted by molar-refractivity contribution is 5.97. The van der Waals surface area contributed by atoms with E-state index in [0.717, 1.165) is 31.4 Å². The molecule has 0 saturated carbocycles. The van der Waals surface area contributed by atoms with Gasteiger partial charge in [0.25, 0.3) is 0 Å². The van der Waals surface area contributed by atoms with E-state index in [2.05, 4.69) is 15.4 Å². The van der Waals surface area contributed by atoms with Crippen LogP contribution in [0.5, 0.6) is 5.75 Å². The minimum Gasteiger partial charge on any atom is -0.489 e. The van der Waals surface area contributed by atoms with Gasteiger partial charge in [0.1, 0.15) is 23.8 Å². The van der Waals surface area contributed by atoms with Crippen molar-refractivity contribution in [2.75, 3.05) is 25.6 Å². The minimum atomic E-state index is -4.66. The third-order valence-electron chi connectivity index (χ3n) is 3.99. The second-order valence-electron chi connectivity index (χ2n) is 7.79. The van der Waals surface area contributed by atoms with Gasteiger partial charge in [0.05, 0.1) is 36.2 Å². The molecule has 0 unspecified atom stereocenters. The minimum absolute atomic E-state index is 0.00168. The summed E-state index contributed by atoms with van der Waals surface area (Å²) in [7, 11) is 1.04. The highest BCUT2D eigenvalue weighted by Gasteiger charge is 2.32. The SMILES string of the molecule is COC(=O)c1cc(C(F)(F)F)ccc1Nc1ccc(F)cc1OCCNC(=O)OC(C)(C)C. The Kier molecular flexibility index (Phi) is 8.13. The number of nitrogens with one attached hydrogen (secondary N) is 2. The number of methoxy groups -OCH3 is 1. The molecule has 0 bridgehead atoms. The molecule has 0 aromatic heterocycles. The molecule has 0 heterocycles. The van der Waals surface area contributed by atoms with Crippen LogP contribution < -0.4 is 15.4 Å². The van der Waals surface area contributed by atoms with Gasteiger partial charge in [-0.25, -0.2) is 14.0 Å². The summed E-state index contributed by atoms with van der Waals surface area (Å²) in [4.78, 5) is 23.7. The smallest absolute Gasteiger partial charge is 0.416 e. The van der Waals surface area contributed by atoms with Crippen molar-refractivity contribution in [3.8, 4) is 5.75 Å². The molecule has 7 nitrogen and oxygen atoms in total. The number of hydrogen-bond donors (Lipinski definition) is 2. The summed E-state index contributed by atoms with van der Waals surface area (Å²) < 4.78 is 68.1. The second-order valence-corrected chi connectivity index (χ2v) is 7.79. The number of alkyl halides is 3. The van der Waals surface area contributed by atoms with Crippen molar-refractivity contribution in [3.05, 3.63) is 53.3 Å².